The number of carbonyl (C=O) groups excluding carboxylic acids is 6. The number of hydrogen-bond donors (Lipinski definition) is 5. The number of amides is 6. The molecule has 1 aromatic heterocycles. The molecule has 2 saturated heterocycles. The van der Waals surface area contributed by atoms with Crippen LogP contribution in [0.15, 0.2) is 66.9 Å². The van der Waals surface area contributed by atoms with Crippen LogP contribution in [-0.2, 0) is 14.4 Å². The highest BCUT2D eigenvalue weighted by atomic mass is 35.5. The Morgan fingerprint density at radius 3 is 2.46 bits per heavy atom. The van der Waals surface area contributed by atoms with Crippen molar-refractivity contribution in [1.82, 2.24) is 30.4 Å². The van der Waals surface area contributed by atoms with Gasteiger partial charge in [-0.3, -0.25) is 43.9 Å². The van der Waals surface area contributed by atoms with Gasteiger partial charge in [-0.25, -0.2) is 4.98 Å². The summed E-state index contributed by atoms with van der Waals surface area (Å²) in [5, 5.41) is 14.2. The lowest BCUT2D eigenvalue weighted by Crippen LogP contribution is -2.54. The molecule has 0 aliphatic carbocycles. The van der Waals surface area contributed by atoms with Crippen LogP contribution in [0.4, 0.5) is 34.5 Å². The van der Waals surface area contributed by atoms with Crippen molar-refractivity contribution in [2.75, 3.05) is 67.7 Å². The number of fused-ring (bicyclic) bond motifs is 1. The maximum absolute atomic E-state index is 13.3. The van der Waals surface area contributed by atoms with E-state index in [4.69, 9.17) is 16.3 Å². The molecule has 3 aromatic carbocycles. The zero-order chi connectivity index (χ0) is 41.6. The smallest absolute Gasteiger partial charge is 0.264 e. The van der Waals surface area contributed by atoms with Crippen LogP contribution in [0.2, 0.25) is 5.02 Å². The number of hydrogen-bond acceptors (Lipinski definition) is 13. The normalized spacial score (nSPS) is 16.7. The lowest BCUT2D eigenvalue weighted by atomic mass is 10.0. The Labute approximate surface area is 344 Å². The van der Waals surface area contributed by atoms with Crippen LogP contribution in [0.1, 0.15) is 63.2 Å². The van der Waals surface area contributed by atoms with Crippen molar-refractivity contribution in [3.63, 3.8) is 0 Å². The molecule has 4 aromatic rings. The lowest BCUT2D eigenvalue weighted by Gasteiger charge is -2.36. The van der Waals surface area contributed by atoms with E-state index < -0.39 is 29.7 Å². The van der Waals surface area contributed by atoms with Gasteiger partial charge in [0.1, 0.15) is 16.8 Å². The number of methoxy groups -OCH3 is 1. The average Bonchev–Trinajstić information content (AvgIpc) is 3.50. The van der Waals surface area contributed by atoms with Gasteiger partial charge in [0, 0.05) is 57.8 Å². The van der Waals surface area contributed by atoms with Gasteiger partial charge in [0.05, 0.1) is 47.1 Å². The Balaban J connectivity index is 0.877. The molecule has 5 N–H and O–H groups in total. The first-order chi connectivity index (χ1) is 28.5. The fourth-order valence-corrected chi connectivity index (χ4v) is 7.49. The number of piperidine rings is 1. The number of rotatable bonds is 14. The van der Waals surface area contributed by atoms with Gasteiger partial charge in [0.25, 0.3) is 17.7 Å². The summed E-state index contributed by atoms with van der Waals surface area (Å²) in [6.07, 6.45) is 3.19. The second kappa shape index (κ2) is 17.9. The van der Waals surface area contributed by atoms with Gasteiger partial charge >= 0.3 is 0 Å². The molecule has 1 unspecified atom stereocenters. The third kappa shape index (κ3) is 8.95. The van der Waals surface area contributed by atoms with Crippen molar-refractivity contribution in [3.05, 3.63) is 88.6 Å². The second-order valence-electron chi connectivity index (χ2n) is 14.2. The zero-order valence-electron chi connectivity index (χ0n) is 32.5. The van der Waals surface area contributed by atoms with Crippen LogP contribution in [0, 0.1) is 0 Å². The Morgan fingerprint density at radius 2 is 1.69 bits per heavy atom. The van der Waals surface area contributed by atoms with Crippen molar-refractivity contribution >= 4 is 81.6 Å². The highest BCUT2D eigenvalue weighted by Crippen LogP contribution is 2.35. The van der Waals surface area contributed by atoms with E-state index in [0.717, 1.165) is 49.7 Å². The molecular formula is C41H43ClN10O7. The highest BCUT2D eigenvalue weighted by molar-refractivity contribution is 6.33. The standard InChI is InChI=1S/C41H43ClN10O7/c1-43-37(55)25-8-3-4-10-28(25)46-36-27(42)23-44-41(49-36)47-29-14-13-24(22-32(29)59-2)51-20-18-50(19-21-51)17-6-5-12-33(53)45-30-11-7-9-26-35(30)40(58)52(39(26)57)31-15-16-34(54)48-38(31)56/h3-4,7-11,13-14,22-23,31H,5-6,12,15-21H2,1-2H3,(H,43,55)(H,45,53)(H,48,54,56)(H2,44,46,47,49). The molecule has 18 heteroatoms. The molecule has 306 valence electrons. The Bertz CT molecular complexity index is 2320. The molecule has 0 saturated carbocycles. The molecule has 7 rings (SSSR count). The topological polar surface area (TPSA) is 207 Å². The number of anilines is 6. The van der Waals surface area contributed by atoms with E-state index in [1.54, 1.807) is 50.6 Å². The van der Waals surface area contributed by atoms with E-state index in [1.807, 2.05) is 18.2 Å². The maximum Gasteiger partial charge on any atom is 0.264 e. The second-order valence-corrected chi connectivity index (χ2v) is 14.6. The van der Waals surface area contributed by atoms with Crippen molar-refractivity contribution in [3.8, 4) is 5.75 Å². The largest absolute Gasteiger partial charge is 0.494 e. The van der Waals surface area contributed by atoms with Gasteiger partial charge in [-0.05, 0) is 62.2 Å². The Morgan fingerprint density at radius 1 is 0.915 bits per heavy atom. The van der Waals surface area contributed by atoms with Gasteiger partial charge in [-0.15, -0.1) is 0 Å². The van der Waals surface area contributed by atoms with Crippen LogP contribution in [0.5, 0.6) is 5.75 Å². The van der Waals surface area contributed by atoms with Crippen LogP contribution in [-0.4, -0.2) is 108 Å². The minimum absolute atomic E-state index is 0.0230. The van der Waals surface area contributed by atoms with E-state index in [9.17, 15) is 28.8 Å². The number of piperazine rings is 1. The molecule has 17 nitrogen and oxygen atoms in total. The van der Waals surface area contributed by atoms with Crippen molar-refractivity contribution < 1.29 is 33.5 Å². The monoisotopic (exact) mass is 822 g/mol. The molecule has 59 heavy (non-hydrogen) atoms. The summed E-state index contributed by atoms with van der Waals surface area (Å²) in [4.78, 5) is 90.2. The molecule has 0 radical (unpaired) electrons. The summed E-state index contributed by atoms with van der Waals surface area (Å²) < 4.78 is 5.73. The van der Waals surface area contributed by atoms with Gasteiger partial charge in [-0.2, -0.15) is 4.98 Å². The van der Waals surface area contributed by atoms with Gasteiger partial charge in [-0.1, -0.05) is 29.8 Å². The van der Waals surface area contributed by atoms with E-state index in [2.05, 4.69) is 46.4 Å². The molecule has 0 bridgehead atoms. The quantitative estimate of drug-likeness (QED) is 0.0889. The number of unbranched alkanes of at least 4 members (excludes halogenated alkanes) is 1. The zero-order valence-corrected chi connectivity index (χ0v) is 33.2. The average molecular weight is 823 g/mol. The number of nitrogens with zero attached hydrogens (tertiary/aromatic N) is 5. The number of halogens is 1. The van der Waals surface area contributed by atoms with E-state index in [1.165, 1.54) is 12.3 Å². The van der Waals surface area contributed by atoms with Crippen LogP contribution in [0.25, 0.3) is 0 Å². The highest BCUT2D eigenvalue weighted by Gasteiger charge is 2.45. The fourth-order valence-electron chi connectivity index (χ4n) is 7.35. The molecule has 3 aliphatic heterocycles. The number of nitrogens with one attached hydrogen (secondary N) is 5. The minimum Gasteiger partial charge on any atom is -0.494 e. The van der Waals surface area contributed by atoms with Crippen molar-refractivity contribution in [2.45, 2.75) is 38.1 Å². The van der Waals surface area contributed by atoms with Crippen LogP contribution in [0.3, 0.4) is 0 Å². The number of imide groups is 2. The van der Waals surface area contributed by atoms with Crippen LogP contribution >= 0.6 is 11.6 Å². The molecule has 1 atom stereocenters. The van der Waals surface area contributed by atoms with E-state index >= 15 is 0 Å². The molecular weight excluding hydrogens is 780 g/mol. The first kappa shape index (κ1) is 40.6. The SMILES string of the molecule is CNC(=O)c1ccccc1Nc1nc(Nc2ccc(N3CCN(CCCCC(=O)Nc4cccc5c4C(=O)N(C4CCC(=O)NC4=O)C5=O)CC3)cc2OC)ncc1Cl. The van der Waals surface area contributed by atoms with Crippen molar-refractivity contribution in [2.24, 2.45) is 0 Å². The first-order valence-corrected chi connectivity index (χ1v) is 19.6. The third-order valence-corrected chi connectivity index (χ3v) is 10.7. The number of aromatic nitrogens is 2. The molecule has 0 spiro atoms. The summed E-state index contributed by atoms with van der Waals surface area (Å²) in [6, 6.07) is 16.5. The van der Waals surface area contributed by atoms with Gasteiger partial charge < -0.3 is 30.9 Å². The Hall–Kier alpha value is -6.59. The third-order valence-electron chi connectivity index (χ3n) is 10.4. The van der Waals surface area contributed by atoms with E-state index in [-0.39, 0.29) is 58.9 Å². The van der Waals surface area contributed by atoms with Gasteiger partial charge in [0.15, 0.2) is 5.82 Å². The predicted octanol–water partition coefficient (Wildman–Crippen LogP) is 4.32. The van der Waals surface area contributed by atoms with Gasteiger partial charge in [0.2, 0.25) is 23.7 Å². The maximum atomic E-state index is 13.3. The summed E-state index contributed by atoms with van der Waals surface area (Å²) in [5.41, 5.74) is 3.03. The molecule has 4 heterocycles. The summed E-state index contributed by atoms with van der Waals surface area (Å²) in [6.45, 7) is 4.08. The number of para-hydroxylation sites is 1. The summed E-state index contributed by atoms with van der Waals surface area (Å²) >= 11 is 6.42. The molecule has 2 fully saturated rings. The molecule has 3 aliphatic rings. The summed E-state index contributed by atoms with van der Waals surface area (Å²) in [7, 11) is 3.16. The summed E-state index contributed by atoms with van der Waals surface area (Å²) in [5.74, 6) is -1.76. The number of benzene rings is 3. The number of carbonyl (C=O) groups is 6. The van der Waals surface area contributed by atoms with Crippen molar-refractivity contribution in [1.29, 1.82) is 0 Å². The predicted molar refractivity (Wildman–Crippen MR) is 221 cm³/mol. The minimum atomic E-state index is -1.08. The lowest BCUT2D eigenvalue weighted by molar-refractivity contribution is -0.136. The van der Waals surface area contributed by atoms with Crippen LogP contribution < -0.4 is 36.2 Å². The molecule has 6 amide bonds. The number of ether oxygens (including phenoxy) is 1. The fraction of sp³-hybridized carbons (Fsp3) is 0.317. The first-order valence-electron chi connectivity index (χ1n) is 19.2. The van der Waals surface area contributed by atoms with E-state index in [0.29, 0.717) is 34.9 Å². The Kier molecular flexibility index (Phi) is 12.3.